The summed E-state index contributed by atoms with van der Waals surface area (Å²) in [4.78, 5) is 53.7. The Morgan fingerprint density at radius 3 is 2.00 bits per heavy atom. The van der Waals surface area contributed by atoms with Gasteiger partial charge in [-0.05, 0) is 49.4 Å². The molecule has 1 aliphatic rings. The summed E-state index contributed by atoms with van der Waals surface area (Å²) >= 11 is 6.97. The largest absolute Gasteiger partial charge is 0.459 e. The molecule has 4 unspecified atom stereocenters. The second kappa shape index (κ2) is 12.4. The van der Waals surface area contributed by atoms with E-state index in [9.17, 15) is 19.2 Å². The number of hydrogen-bond acceptors (Lipinski definition) is 8. The Labute approximate surface area is 245 Å². The van der Waals surface area contributed by atoms with Crippen LogP contribution in [0.15, 0.2) is 108 Å². The van der Waals surface area contributed by atoms with Gasteiger partial charge in [0, 0.05) is 11.8 Å². The lowest BCUT2D eigenvalue weighted by atomic mass is 10.0. The first kappa shape index (κ1) is 28.7. The summed E-state index contributed by atoms with van der Waals surface area (Å²) in [5, 5.41) is 2.58. The number of amides is 1. The minimum atomic E-state index is -1.49. The Hall–Kier alpha value is -4.80. The molecule has 1 saturated heterocycles. The summed E-state index contributed by atoms with van der Waals surface area (Å²) in [5.74, 6) is -1.68. The second-order valence-corrected chi connectivity index (χ2v) is 10.5. The van der Waals surface area contributed by atoms with Crippen LogP contribution in [-0.2, 0) is 14.2 Å². The highest BCUT2D eigenvalue weighted by Crippen LogP contribution is 2.44. The zero-order chi connectivity index (χ0) is 29.7. The normalized spacial score (nSPS) is 21.3. The number of carbonyl (C=O) groups excluding carboxylic acids is 3. The van der Waals surface area contributed by atoms with Crippen LogP contribution in [0.4, 0.5) is 5.82 Å². The molecule has 4 aromatic rings. The SMILES string of the molecule is CC1(Cl)C(OC(=O)c2ccccc2)C(COC(=O)c2ccccc2)OC1n1ccc(NC(=O)c2ccccc2)nc1=O. The van der Waals surface area contributed by atoms with E-state index in [0.29, 0.717) is 11.1 Å². The Morgan fingerprint density at radius 1 is 0.881 bits per heavy atom. The summed E-state index contributed by atoms with van der Waals surface area (Å²) in [6, 6.07) is 26.6. The Bertz CT molecular complexity index is 1630. The number of anilines is 1. The van der Waals surface area contributed by atoms with Crippen molar-refractivity contribution in [2.75, 3.05) is 11.9 Å². The fourth-order valence-corrected chi connectivity index (χ4v) is 4.88. The molecule has 0 bridgehead atoms. The molecule has 4 atom stereocenters. The lowest BCUT2D eigenvalue weighted by Crippen LogP contribution is -2.45. The maximum atomic E-state index is 13.1. The Kier molecular flexibility index (Phi) is 8.46. The van der Waals surface area contributed by atoms with E-state index in [1.165, 1.54) is 12.3 Å². The molecule has 214 valence electrons. The molecule has 10 nitrogen and oxygen atoms in total. The van der Waals surface area contributed by atoms with Gasteiger partial charge in [0.2, 0.25) is 0 Å². The number of ether oxygens (including phenoxy) is 3. The van der Waals surface area contributed by atoms with Crippen molar-refractivity contribution < 1.29 is 28.6 Å². The van der Waals surface area contributed by atoms with Crippen molar-refractivity contribution in [1.29, 1.82) is 0 Å². The molecule has 1 aliphatic heterocycles. The zero-order valence-electron chi connectivity index (χ0n) is 22.4. The third-order valence-electron chi connectivity index (χ3n) is 6.67. The maximum absolute atomic E-state index is 13.1. The van der Waals surface area contributed by atoms with Gasteiger partial charge in [0.15, 0.2) is 12.3 Å². The highest BCUT2D eigenvalue weighted by molar-refractivity contribution is 6.24. The van der Waals surface area contributed by atoms with Crippen molar-refractivity contribution in [2.24, 2.45) is 0 Å². The van der Waals surface area contributed by atoms with Crippen LogP contribution >= 0.6 is 11.6 Å². The van der Waals surface area contributed by atoms with Crippen LogP contribution in [0, 0.1) is 0 Å². The number of halogens is 1. The first-order valence-electron chi connectivity index (χ1n) is 13.0. The van der Waals surface area contributed by atoms with Gasteiger partial charge in [-0.1, -0.05) is 54.6 Å². The molecule has 11 heteroatoms. The van der Waals surface area contributed by atoms with Gasteiger partial charge in [-0.2, -0.15) is 4.98 Å². The average Bonchev–Trinajstić information content (AvgIpc) is 3.25. The first-order chi connectivity index (χ1) is 20.2. The molecule has 1 fully saturated rings. The van der Waals surface area contributed by atoms with Gasteiger partial charge in [-0.3, -0.25) is 9.36 Å². The molecular weight excluding hydrogens is 562 g/mol. The van der Waals surface area contributed by atoms with Crippen LogP contribution in [0.5, 0.6) is 0 Å². The van der Waals surface area contributed by atoms with Crippen LogP contribution in [0.2, 0.25) is 0 Å². The molecule has 0 aliphatic carbocycles. The molecule has 5 rings (SSSR count). The third kappa shape index (κ3) is 6.24. The van der Waals surface area contributed by atoms with Crippen molar-refractivity contribution in [3.63, 3.8) is 0 Å². The summed E-state index contributed by atoms with van der Waals surface area (Å²) in [6.07, 6.45) is -1.96. The number of hydrogen-bond donors (Lipinski definition) is 1. The van der Waals surface area contributed by atoms with E-state index in [4.69, 9.17) is 25.8 Å². The Morgan fingerprint density at radius 2 is 1.43 bits per heavy atom. The highest BCUT2D eigenvalue weighted by atomic mass is 35.5. The number of nitrogens with one attached hydrogen (secondary N) is 1. The zero-order valence-corrected chi connectivity index (χ0v) is 23.1. The van der Waals surface area contributed by atoms with Crippen LogP contribution in [-0.4, -0.2) is 51.1 Å². The van der Waals surface area contributed by atoms with Gasteiger partial charge in [0.25, 0.3) is 5.91 Å². The van der Waals surface area contributed by atoms with E-state index in [1.807, 2.05) is 0 Å². The fourth-order valence-electron chi connectivity index (χ4n) is 4.54. The van der Waals surface area contributed by atoms with Gasteiger partial charge in [0.1, 0.15) is 23.4 Å². The third-order valence-corrected chi connectivity index (χ3v) is 7.07. The molecule has 42 heavy (non-hydrogen) atoms. The van der Waals surface area contributed by atoms with Gasteiger partial charge in [0.05, 0.1) is 11.1 Å². The molecule has 1 amide bonds. The maximum Gasteiger partial charge on any atom is 0.351 e. The number of aromatic nitrogens is 2. The van der Waals surface area contributed by atoms with Crippen LogP contribution < -0.4 is 11.0 Å². The number of benzene rings is 3. The van der Waals surface area contributed by atoms with Gasteiger partial charge >= 0.3 is 17.6 Å². The van der Waals surface area contributed by atoms with E-state index in [0.717, 1.165) is 4.57 Å². The highest BCUT2D eigenvalue weighted by Gasteiger charge is 2.56. The second-order valence-electron chi connectivity index (χ2n) is 9.66. The van der Waals surface area contributed by atoms with Crippen LogP contribution in [0.3, 0.4) is 0 Å². The van der Waals surface area contributed by atoms with Crippen molar-refractivity contribution >= 4 is 35.3 Å². The number of carbonyl (C=O) groups is 3. The topological polar surface area (TPSA) is 126 Å². The van der Waals surface area contributed by atoms with Crippen molar-refractivity contribution in [3.8, 4) is 0 Å². The molecule has 1 N–H and O–H groups in total. The number of alkyl halides is 1. The van der Waals surface area contributed by atoms with Crippen LogP contribution in [0.1, 0.15) is 44.2 Å². The molecule has 3 aromatic carbocycles. The molecule has 0 radical (unpaired) electrons. The summed E-state index contributed by atoms with van der Waals surface area (Å²) in [6.45, 7) is 1.24. The van der Waals surface area contributed by atoms with Crippen molar-refractivity contribution in [3.05, 3.63) is 130 Å². The fraction of sp³-hybridized carbons (Fsp3) is 0.194. The quantitative estimate of drug-likeness (QED) is 0.236. The van der Waals surface area contributed by atoms with E-state index < -0.39 is 46.8 Å². The summed E-state index contributed by atoms with van der Waals surface area (Å²) < 4.78 is 18.5. The molecule has 2 heterocycles. The standard InChI is InChI=1S/C31H26ClN3O7/c1-31(32)25(42-28(38)22-15-9-4-10-16-22)23(19-40-27(37)21-13-7-3-8-14-21)41-29(31)35-18-17-24(34-30(35)39)33-26(36)20-11-5-2-6-12-20/h2-18,23,25,29H,19H2,1H3,(H,33,34,36,39). The molecule has 0 spiro atoms. The molecular formula is C31H26ClN3O7. The lowest BCUT2D eigenvalue weighted by molar-refractivity contribution is -0.0585. The van der Waals surface area contributed by atoms with E-state index in [-0.39, 0.29) is 18.0 Å². The first-order valence-corrected chi connectivity index (χ1v) is 13.4. The summed E-state index contributed by atoms with van der Waals surface area (Å²) in [7, 11) is 0. The van der Waals surface area contributed by atoms with Crippen molar-refractivity contribution in [2.45, 2.75) is 30.2 Å². The number of esters is 2. The monoisotopic (exact) mass is 587 g/mol. The van der Waals surface area contributed by atoms with Gasteiger partial charge in [-0.25, -0.2) is 14.4 Å². The van der Waals surface area contributed by atoms with Crippen molar-refractivity contribution in [1.82, 2.24) is 9.55 Å². The minimum absolute atomic E-state index is 0.0276. The Balaban J connectivity index is 1.39. The van der Waals surface area contributed by atoms with E-state index >= 15 is 0 Å². The number of nitrogens with zero attached hydrogens (tertiary/aromatic N) is 2. The predicted octanol–water partition coefficient (Wildman–Crippen LogP) is 4.47. The average molecular weight is 588 g/mol. The number of rotatable bonds is 8. The minimum Gasteiger partial charge on any atom is -0.459 e. The van der Waals surface area contributed by atoms with E-state index in [1.54, 1.807) is 97.9 Å². The van der Waals surface area contributed by atoms with Crippen LogP contribution in [0.25, 0.3) is 0 Å². The smallest absolute Gasteiger partial charge is 0.351 e. The lowest BCUT2D eigenvalue weighted by Gasteiger charge is -2.29. The predicted molar refractivity (Wildman–Crippen MR) is 153 cm³/mol. The van der Waals surface area contributed by atoms with Gasteiger partial charge < -0.3 is 19.5 Å². The molecule has 1 aromatic heterocycles. The van der Waals surface area contributed by atoms with Gasteiger partial charge in [-0.15, -0.1) is 11.6 Å². The van der Waals surface area contributed by atoms with E-state index in [2.05, 4.69) is 10.3 Å². The molecule has 0 saturated carbocycles. The summed E-state index contributed by atoms with van der Waals surface area (Å²) in [5.41, 5.74) is 0.234.